The van der Waals surface area contributed by atoms with E-state index in [2.05, 4.69) is 23.8 Å². The number of aromatic nitrogens is 2. The van der Waals surface area contributed by atoms with Crippen LogP contribution in [0.2, 0.25) is 0 Å². The normalized spacial score (nSPS) is 12.6. The summed E-state index contributed by atoms with van der Waals surface area (Å²) in [6.45, 7) is 6.97. The minimum absolute atomic E-state index is 0.156. The standard InChI is InChI=1S/C23H28FN3O2/c1-16(2)27(14-17(3)28)15-19-22(18-10-6-5-7-11-18)25-26(4)23(19)29-21-13-9-8-12-20(21)24/h5-13,16-17,28H,14-15H2,1-4H3. The van der Waals surface area contributed by atoms with E-state index in [-0.39, 0.29) is 11.8 Å². The second kappa shape index (κ2) is 9.20. The van der Waals surface area contributed by atoms with Crippen LogP contribution in [0.25, 0.3) is 11.3 Å². The Morgan fingerprint density at radius 2 is 1.72 bits per heavy atom. The number of aryl methyl sites for hydroxylation is 1. The maximum absolute atomic E-state index is 14.2. The maximum atomic E-state index is 14.2. The molecule has 1 unspecified atom stereocenters. The summed E-state index contributed by atoms with van der Waals surface area (Å²) < 4.78 is 21.9. The Hall–Kier alpha value is -2.70. The lowest BCUT2D eigenvalue weighted by molar-refractivity contribution is 0.102. The average Bonchev–Trinajstić information content (AvgIpc) is 2.99. The van der Waals surface area contributed by atoms with Crippen LogP contribution >= 0.6 is 0 Å². The van der Waals surface area contributed by atoms with E-state index in [1.165, 1.54) is 6.07 Å². The van der Waals surface area contributed by atoms with Gasteiger partial charge in [-0.15, -0.1) is 0 Å². The Morgan fingerprint density at radius 3 is 2.34 bits per heavy atom. The molecule has 0 saturated carbocycles. The SMILES string of the molecule is CC(O)CN(Cc1c(-c2ccccc2)nn(C)c1Oc1ccccc1F)C(C)C. The third-order valence-corrected chi connectivity index (χ3v) is 4.77. The zero-order chi connectivity index (χ0) is 21.0. The van der Waals surface area contributed by atoms with Crippen LogP contribution in [0.4, 0.5) is 4.39 Å². The van der Waals surface area contributed by atoms with Crippen LogP contribution in [0.15, 0.2) is 54.6 Å². The van der Waals surface area contributed by atoms with Gasteiger partial charge in [0.05, 0.1) is 11.7 Å². The molecular formula is C23H28FN3O2. The van der Waals surface area contributed by atoms with Gasteiger partial charge in [-0.3, -0.25) is 4.90 Å². The van der Waals surface area contributed by atoms with E-state index in [0.29, 0.717) is 19.0 Å². The summed E-state index contributed by atoms with van der Waals surface area (Å²) >= 11 is 0. The fraction of sp³-hybridized carbons (Fsp3) is 0.348. The second-order valence-electron chi connectivity index (χ2n) is 7.53. The summed E-state index contributed by atoms with van der Waals surface area (Å²) in [7, 11) is 1.79. The fourth-order valence-corrected chi connectivity index (χ4v) is 3.28. The van der Waals surface area contributed by atoms with E-state index in [1.54, 1.807) is 36.9 Å². The molecule has 154 valence electrons. The Morgan fingerprint density at radius 1 is 1.07 bits per heavy atom. The molecule has 0 aliphatic heterocycles. The Kier molecular flexibility index (Phi) is 6.67. The summed E-state index contributed by atoms with van der Waals surface area (Å²) in [5.74, 6) is 0.221. The van der Waals surface area contributed by atoms with E-state index in [0.717, 1.165) is 16.8 Å². The van der Waals surface area contributed by atoms with Gasteiger partial charge in [-0.25, -0.2) is 9.07 Å². The fourth-order valence-electron chi connectivity index (χ4n) is 3.28. The molecular weight excluding hydrogens is 369 g/mol. The van der Waals surface area contributed by atoms with Crippen molar-refractivity contribution >= 4 is 0 Å². The first-order valence-corrected chi connectivity index (χ1v) is 9.82. The lowest BCUT2D eigenvalue weighted by atomic mass is 10.1. The van der Waals surface area contributed by atoms with Crippen molar-refractivity contribution in [3.05, 3.63) is 66.0 Å². The van der Waals surface area contributed by atoms with E-state index < -0.39 is 11.9 Å². The van der Waals surface area contributed by atoms with Crippen LogP contribution in [0.3, 0.4) is 0 Å². The highest BCUT2D eigenvalue weighted by Crippen LogP contribution is 2.35. The van der Waals surface area contributed by atoms with Gasteiger partial charge in [0.25, 0.3) is 0 Å². The van der Waals surface area contributed by atoms with Gasteiger partial charge in [-0.05, 0) is 32.9 Å². The topological polar surface area (TPSA) is 50.5 Å². The Bertz CT molecular complexity index is 939. The predicted octanol–water partition coefficient (Wildman–Crippen LogP) is 4.61. The molecule has 0 amide bonds. The molecule has 3 rings (SSSR count). The number of aliphatic hydroxyl groups is 1. The second-order valence-corrected chi connectivity index (χ2v) is 7.53. The van der Waals surface area contributed by atoms with E-state index in [9.17, 15) is 9.50 Å². The highest BCUT2D eigenvalue weighted by atomic mass is 19.1. The minimum Gasteiger partial charge on any atom is -0.436 e. The number of aliphatic hydroxyl groups excluding tert-OH is 1. The molecule has 0 spiro atoms. The maximum Gasteiger partial charge on any atom is 0.222 e. The number of benzene rings is 2. The molecule has 6 heteroatoms. The first-order chi connectivity index (χ1) is 13.9. The van der Waals surface area contributed by atoms with E-state index >= 15 is 0 Å². The van der Waals surface area contributed by atoms with Crippen LogP contribution in [-0.4, -0.2) is 38.5 Å². The van der Waals surface area contributed by atoms with Gasteiger partial charge in [0, 0.05) is 31.7 Å². The van der Waals surface area contributed by atoms with Gasteiger partial charge in [0.15, 0.2) is 11.6 Å². The highest BCUT2D eigenvalue weighted by molar-refractivity contribution is 5.65. The number of rotatable bonds is 8. The molecule has 2 aromatic carbocycles. The van der Waals surface area contributed by atoms with E-state index in [4.69, 9.17) is 4.74 Å². The van der Waals surface area contributed by atoms with Crippen molar-refractivity contribution in [2.75, 3.05) is 6.54 Å². The molecule has 29 heavy (non-hydrogen) atoms. The number of halogens is 1. The van der Waals surface area contributed by atoms with E-state index in [1.807, 2.05) is 30.3 Å². The highest BCUT2D eigenvalue weighted by Gasteiger charge is 2.24. The third-order valence-electron chi connectivity index (χ3n) is 4.77. The summed E-state index contributed by atoms with van der Waals surface area (Å²) in [6, 6.07) is 16.4. The van der Waals surface area contributed by atoms with Crippen molar-refractivity contribution in [1.82, 2.24) is 14.7 Å². The quantitative estimate of drug-likeness (QED) is 0.603. The van der Waals surface area contributed by atoms with Gasteiger partial charge >= 0.3 is 0 Å². The predicted molar refractivity (Wildman–Crippen MR) is 112 cm³/mol. The molecule has 5 nitrogen and oxygen atoms in total. The minimum atomic E-state index is -0.467. The number of nitrogens with zero attached hydrogens (tertiary/aromatic N) is 3. The van der Waals surface area contributed by atoms with Crippen molar-refractivity contribution in [3.63, 3.8) is 0 Å². The van der Waals surface area contributed by atoms with Crippen molar-refractivity contribution in [2.24, 2.45) is 7.05 Å². The first-order valence-electron chi connectivity index (χ1n) is 9.82. The van der Waals surface area contributed by atoms with Crippen LogP contribution in [0, 0.1) is 5.82 Å². The molecule has 1 atom stereocenters. The van der Waals surface area contributed by atoms with Crippen molar-refractivity contribution in [2.45, 2.75) is 39.5 Å². The lowest BCUT2D eigenvalue weighted by Gasteiger charge is -2.28. The van der Waals surface area contributed by atoms with Gasteiger partial charge in [-0.2, -0.15) is 5.10 Å². The number of para-hydroxylation sites is 1. The molecule has 0 radical (unpaired) electrons. The Balaban J connectivity index is 2.07. The van der Waals surface area contributed by atoms with Crippen molar-refractivity contribution in [1.29, 1.82) is 0 Å². The van der Waals surface area contributed by atoms with Crippen LogP contribution in [0.5, 0.6) is 11.6 Å². The largest absolute Gasteiger partial charge is 0.436 e. The zero-order valence-corrected chi connectivity index (χ0v) is 17.3. The molecule has 3 aromatic rings. The Labute approximate surface area is 171 Å². The van der Waals surface area contributed by atoms with Crippen LogP contribution in [0.1, 0.15) is 26.3 Å². The zero-order valence-electron chi connectivity index (χ0n) is 17.3. The number of hydrogen-bond acceptors (Lipinski definition) is 4. The van der Waals surface area contributed by atoms with Gasteiger partial charge in [0.2, 0.25) is 5.88 Å². The number of ether oxygens (including phenoxy) is 1. The summed E-state index contributed by atoms with van der Waals surface area (Å²) in [5, 5.41) is 14.6. The summed E-state index contributed by atoms with van der Waals surface area (Å²) in [6.07, 6.45) is -0.467. The van der Waals surface area contributed by atoms with Crippen LogP contribution in [-0.2, 0) is 13.6 Å². The van der Waals surface area contributed by atoms with Crippen molar-refractivity contribution in [3.8, 4) is 22.9 Å². The smallest absolute Gasteiger partial charge is 0.222 e. The average molecular weight is 397 g/mol. The van der Waals surface area contributed by atoms with Crippen molar-refractivity contribution < 1.29 is 14.2 Å². The molecule has 0 saturated heterocycles. The summed E-state index contributed by atoms with van der Waals surface area (Å²) in [5.41, 5.74) is 2.61. The van der Waals surface area contributed by atoms with Gasteiger partial charge in [0.1, 0.15) is 5.69 Å². The van der Waals surface area contributed by atoms with Crippen LogP contribution < -0.4 is 4.74 Å². The molecule has 0 fully saturated rings. The molecule has 0 aliphatic carbocycles. The van der Waals surface area contributed by atoms with Gasteiger partial charge in [-0.1, -0.05) is 42.5 Å². The molecule has 1 heterocycles. The van der Waals surface area contributed by atoms with Gasteiger partial charge < -0.3 is 9.84 Å². The molecule has 0 bridgehead atoms. The third kappa shape index (κ3) is 5.02. The monoisotopic (exact) mass is 397 g/mol. The number of hydrogen-bond donors (Lipinski definition) is 1. The molecule has 0 aliphatic rings. The summed E-state index contributed by atoms with van der Waals surface area (Å²) in [4.78, 5) is 2.16. The lowest BCUT2D eigenvalue weighted by Crippen LogP contribution is -2.36. The first kappa shape index (κ1) is 21.0. The molecule has 1 aromatic heterocycles. The molecule has 1 N–H and O–H groups in total.